The zero-order chi connectivity index (χ0) is 28.4. The number of nitrogens with one attached hydrogen (secondary N) is 2. The van der Waals surface area contributed by atoms with Crippen molar-refractivity contribution in [1.82, 2.24) is 14.6 Å². The third kappa shape index (κ3) is 6.88. The average Bonchev–Trinajstić information content (AvgIpc) is 3.11. The lowest BCUT2D eigenvalue weighted by Gasteiger charge is -2.25. The number of aryl methyl sites for hydroxylation is 1. The van der Waals surface area contributed by atoms with E-state index in [1.807, 2.05) is 0 Å². The highest BCUT2D eigenvalue weighted by Gasteiger charge is 2.46. The first-order valence-corrected chi connectivity index (χ1v) is 13.0. The number of esters is 1. The lowest BCUT2D eigenvalue weighted by molar-refractivity contribution is -0.149. The number of hydrogen-bond acceptors (Lipinski definition) is 10. The summed E-state index contributed by atoms with van der Waals surface area (Å²) in [5, 5.41) is 23.6. The van der Waals surface area contributed by atoms with Crippen LogP contribution in [0.3, 0.4) is 0 Å². The van der Waals surface area contributed by atoms with Crippen LogP contribution in [-0.2, 0) is 23.4 Å². The molecule has 14 heteroatoms. The number of aliphatic hydroxyl groups excluding tert-OH is 2. The van der Waals surface area contributed by atoms with Crippen LogP contribution in [0, 0.1) is 11.6 Å². The maximum absolute atomic E-state index is 13.8. The molecule has 2 aromatic rings. The van der Waals surface area contributed by atoms with Gasteiger partial charge in [0.1, 0.15) is 34.7 Å². The normalized spacial score (nSPS) is 25.5. The summed E-state index contributed by atoms with van der Waals surface area (Å²) in [6.07, 6.45) is -6.36. The van der Waals surface area contributed by atoms with Crippen LogP contribution < -0.4 is 15.3 Å². The van der Waals surface area contributed by atoms with Gasteiger partial charge in [0.05, 0.1) is 15.4 Å². The van der Waals surface area contributed by atoms with Crippen molar-refractivity contribution in [3.05, 3.63) is 57.2 Å². The minimum Gasteiger partial charge on any atom is -0.462 e. The van der Waals surface area contributed by atoms with E-state index in [0.717, 1.165) is 4.57 Å². The number of aromatic nitrogens is 2. The molecule has 0 radical (unpaired) electrons. The summed E-state index contributed by atoms with van der Waals surface area (Å²) >= 11 is 5.01. The van der Waals surface area contributed by atoms with Crippen molar-refractivity contribution < 1.29 is 40.8 Å². The number of rotatable bonds is 10. The van der Waals surface area contributed by atoms with E-state index < -0.39 is 62.7 Å². The van der Waals surface area contributed by atoms with E-state index in [1.54, 1.807) is 39.0 Å². The van der Waals surface area contributed by atoms with Crippen molar-refractivity contribution >= 4 is 25.9 Å². The molecule has 2 heterocycles. The molecule has 1 aliphatic rings. The molecular formula is C22H30N3O9PS. The lowest BCUT2D eigenvalue weighted by Crippen LogP contribution is -2.38. The fraction of sp³-hybridized carbons (Fsp3) is 0.500. The van der Waals surface area contributed by atoms with E-state index in [9.17, 15) is 24.4 Å². The van der Waals surface area contributed by atoms with Gasteiger partial charge in [-0.25, -0.2) is 9.36 Å². The molecule has 1 saturated heterocycles. The Morgan fingerprint density at radius 1 is 1.31 bits per heavy atom. The van der Waals surface area contributed by atoms with Gasteiger partial charge in [-0.15, -0.1) is 0 Å². The summed E-state index contributed by atoms with van der Waals surface area (Å²) in [6, 6.07) is 6.40. The van der Waals surface area contributed by atoms with Crippen molar-refractivity contribution in [2.75, 3.05) is 6.56 Å². The van der Waals surface area contributed by atoms with E-state index in [0.29, 0.717) is 5.56 Å². The molecule has 0 amide bonds. The molecule has 36 heavy (non-hydrogen) atoms. The van der Waals surface area contributed by atoms with Crippen LogP contribution in [0.2, 0.25) is 0 Å². The predicted molar refractivity (Wildman–Crippen MR) is 131 cm³/mol. The van der Waals surface area contributed by atoms with Crippen LogP contribution in [0.25, 0.3) is 0 Å². The van der Waals surface area contributed by atoms with Gasteiger partial charge in [-0.2, -0.15) is 5.09 Å². The Balaban J connectivity index is 1.90. The largest absolute Gasteiger partial charge is 0.462 e. The molecule has 1 aromatic carbocycles. The zero-order valence-corrected chi connectivity index (χ0v) is 21.7. The Bertz CT molecular complexity index is 1310. The molecule has 1 aromatic heterocycles. The number of ether oxygens (including phenoxy) is 2. The van der Waals surface area contributed by atoms with Crippen molar-refractivity contribution in [1.29, 1.82) is 0 Å². The third-order valence-corrected chi connectivity index (χ3v) is 6.90. The fourth-order valence-electron chi connectivity index (χ4n) is 3.20. The van der Waals surface area contributed by atoms with Crippen LogP contribution >= 0.6 is 20.0 Å². The molecule has 4 N–H and O–H groups in total. The second-order valence-corrected chi connectivity index (χ2v) is 10.4. The summed E-state index contributed by atoms with van der Waals surface area (Å²) in [5.74, 6) is -0.777. The molecule has 12 nitrogen and oxygen atoms in total. The SMILES string of the molecule is [2H]C([2H])(O[P@](=O)(N[C@@H](C)C(=O)OC(C)C)Oc1ccccc1)[C@@H]1O[C@H](n2cc(C)c(=S)[nH]c2=O)[C@H](O)C1O. The second kappa shape index (κ2) is 11.8. The molecule has 0 spiro atoms. The molecule has 1 fully saturated rings. The van der Waals surface area contributed by atoms with Gasteiger partial charge >= 0.3 is 19.4 Å². The van der Waals surface area contributed by atoms with E-state index in [4.69, 9.17) is 33.5 Å². The Morgan fingerprint density at radius 3 is 2.61 bits per heavy atom. The van der Waals surface area contributed by atoms with Gasteiger partial charge < -0.3 is 24.2 Å². The van der Waals surface area contributed by atoms with Crippen LogP contribution in [-0.4, -0.2) is 62.8 Å². The molecule has 198 valence electrons. The number of aromatic amines is 1. The van der Waals surface area contributed by atoms with Crippen molar-refractivity contribution in [3.8, 4) is 5.75 Å². The molecule has 0 bridgehead atoms. The first-order chi connectivity index (χ1) is 17.6. The number of carbonyl (C=O) groups is 1. The summed E-state index contributed by atoms with van der Waals surface area (Å²) in [6.45, 7) is 3.08. The smallest absolute Gasteiger partial charge is 0.459 e. The standard InChI is InChI=1S/C22H30N3O9PS/c1-12(2)32-21(28)14(4)24-35(30,34-15-8-6-5-7-9-15)31-11-16-17(26)18(27)20(33-16)25-10-13(3)19(36)23-22(25)29/h5-10,12,14,16-18,20,26-27H,11H2,1-4H3,(H,24,30)(H,23,29,36)/t14-,16-,17?,18+,20-,35+/m0/s1/i11D2. The third-order valence-electron chi connectivity index (χ3n) is 4.97. The number of hydrogen-bond donors (Lipinski definition) is 4. The molecule has 3 rings (SSSR count). The Hall–Kier alpha value is -2.38. The van der Waals surface area contributed by atoms with Gasteiger partial charge in [0.15, 0.2) is 6.23 Å². The van der Waals surface area contributed by atoms with E-state index in [2.05, 4.69) is 10.1 Å². The van der Waals surface area contributed by atoms with Crippen molar-refractivity contribution in [2.24, 2.45) is 0 Å². The van der Waals surface area contributed by atoms with Gasteiger partial charge in [0, 0.05) is 11.8 Å². The maximum atomic E-state index is 13.8. The number of carbonyl (C=O) groups excluding carboxylic acids is 1. The molecule has 1 aliphatic heterocycles. The quantitative estimate of drug-likeness (QED) is 0.196. The van der Waals surface area contributed by atoms with Gasteiger partial charge in [0.2, 0.25) is 0 Å². The molecular weight excluding hydrogens is 513 g/mol. The van der Waals surface area contributed by atoms with Crippen LogP contribution in [0.15, 0.2) is 41.3 Å². The Labute approximate surface area is 215 Å². The van der Waals surface area contributed by atoms with Gasteiger partial charge in [-0.1, -0.05) is 30.4 Å². The van der Waals surface area contributed by atoms with Gasteiger partial charge in [-0.05, 0) is 39.8 Å². The summed E-state index contributed by atoms with van der Waals surface area (Å²) < 4.78 is 53.0. The van der Waals surface area contributed by atoms with Crippen LogP contribution in [0.5, 0.6) is 5.75 Å². The Morgan fingerprint density at radius 2 is 1.97 bits per heavy atom. The lowest BCUT2D eigenvalue weighted by atomic mass is 10.1. The molecule has 0 saturated carbocycles. The van der Waals surface area contributed by atoms with Gasteiger partial charge in [0.25, 0.3) is 0 Å². The second-order valence-electron chi connectivity index (χ2n) is 8.35. The highest BCUT2D eigenvalue weighted by Crippen LogP contribution is 2.46. The topological polar surface area (TPSA) is 161 Å². The number of para-hydroxylation sites is 1. The van der Waals surface area contributed by atoms with E-state index in [1.165, 1.54) is 25.3 Å². The number of H-pyrrole nitrogens is 1. The molecule has 6 atom stereocenters. The van der Waals surface area contributed by atoms with E-state index in [-0.39, 0.29) is 10.4 Å². The number of nitrogens with zero attached hydrogens (tertiary/aromatic N) is 1. The highest BCUT2D eigenvalue weighted by molar-refractivity contribution is 7.71. The monoisotopic (exact) mass is 545 g/mol. The first-order valence-electron chi connectivity index (χ1n) is 12.0. The van der Waals surface area contributed by atoms with Crippen LogP contribution in [0.1, 0.15) is 35.3 Å². The zero-order valence-electron chi connectivity index (χ0n) is 22.0. The van der Waals surface area contributed by atoms with Crippen molar-refractivity contribution in [2.45, 2.75) is 64.4 Å². The average molecular weight is 546 g/mol. The maximum Gasteiger partial charge on any atom is 0.459 e. The van der Waals surface area contributed by atoms with Crippen LogP contribution in [0.4, 0.5) is 0 Å². The molecule has 1 unspecified atom stereocenters. The number of aliphatic hydroxyl groups is 2. The first kappa shape index (κ1) is 25.3. The van der Waals surface area contributed by atoms with E-state index >= 15 is 0 Å². The number of benzene rings is 1. The predicted octanol–water partition coefficient (Wildman–Crippen LogP) is 1.97. The summed E-state index contributed by atoms with van der Waals surface area (Å²) in [4.78, 5) is 27.1. The highest BCUT2D eigenvalue weighted by atomic mass is 32.1. The summed E-state index contributed by atoms with van der Waals surface area (Å²) in [7, 11) is -4.72. The minimum absolute atomic E-state index is 0.0240. The van der Waals surface area contributed by atoms with Crippen molar-refractivity contribution in [3.63, 3.8) is 0 Å². The minimum atomic E-state index is -4.72. The fourth-order valence-corrected chi connectivity index (χ4v) is 4.70. The summed E-state index contributed by atoms with van der Waals surface area (Å²) in [5.41, 5.74) is -0.309. The molecule has 0 aliphatic carbocycles. The Kier molecular flexibility index (Phi) is 8.27. The van der Waals surface area contributed by atoms with Gasteiger partial charge in [-0.3, -0.25) is 18.9 Å².